The van der Waals surface area contributed by atoms with Gasteiger partial charge in [-0.3, -0.25) is 0 Å². The van der Waals surface area contributed by atoms with E-state index in [9.17, 15) is 0 Å². The first-order valence-electron chi connectivity index (χ1n) is 6.86. The van der Waals surface area contributed by atoms with Crippen molar-refractivity contribution < 1.29 is 0 Å². The molecule has 100 valence electrons. The van der Waals surface area contributed by atoms with Crippen molar-refractivity contribution in [1.82, 2.24) is 14.9 Å². The normalized spacial score (nSPS) is 11.8. The molecule has 1 rings (SSSR count). The van der Waals surface area contributed by atoms with Crippen molar-refractivity contribution >= 4 is 0 Å². The molecule has 1 N–H and O–H groups in total. The lowest BCUT2D eigenvalue weighted by atomic mass is 10.2. The van der Waals surface area contributed by atoms with Gasteiger partial charge in [0.1, 0.15) is 0 Å². The molecule has 1 unspecified atom stereocenters. The summed E-state index contributed by atoms with van der Waals surface area (Å²) in [6.07, 6.45) is 8.88. The molecule has 0 aliphatic carbocycles. The van der Waals surface area contributed by atoms with Crippen LogP contribution in [0.4, 0.5) is 0 Å². The first kappa shape index (κ1) is 16.2. The van der Waals surface area contributed by atoms with Gasteiger partial charge in [0.05, 0.1) is 12.0 Å². The first-order chi connectivity index (χ1) is 8.19. The van der Waals surface area contributed by atoms with Crippen molar-refractivity contribution in [3.8, 4) is 0 Å². The molecule has 17 heavy (non-hydrogen) atoms. The summed E-state index contributed by atoms with van der Waals surface area (Å²) in [6, 6.07) is 0.566. The Kier molecular flexibility index (Phi) is 9.83. The van der Waals surface area contributed by atoms with E-state index in [4.69, 9.17) is 0 Å². The summed E-state index contributed by atoms with van der Waals surface area (Å²) in [6.45, 7) is 9.76. The average Bonchev–Trinajstić information content (AvgIpc) is 2.84. The molecule has 1 aromatic rings. The number of unbranched alkanes of at least 4 members (excludes halogenated alkanes) is 1. The van der Waals surface area contributed by atoms with E-state index in [1.807, 2.05) is 13.4 Å². The van der Waals surface area contributed by atoms with Crippen molar-refractivity contribution in [3.05, 3.63) is 18.2 Å². The molecule has 0 spiro atoms. The quantitative estimate of drug-likeness (QED) is 0.824. The molecule has 1 atom stereocenters. The smallest absolute Gasteiger partial charge is 0.0951 e. The number of likely N-dealkylation sites (N-methyl/N-ethyl adjacent to an activating group) is 1. The zero-order valence-corrected chi connectivity index (χ0v) is 12.2. The van der Waals surface area contributed by atoms with E-state index in [1.54, 1.807) is 0 Å². The Hall–Kier alpha value is -0.830. The monoisotopic (exact) mass is 239 g/mol. The van der Waals surface area contributed by atoms with E-state index in [1.165, 1.54) is 18.5 Å². The molecule has 0 bridgehead atoms. The minimum Gasteiger partial charge on any atom is -0.334 e. The highest BCUT2D eigenvalue weighted by atomic mass is 15.1. The standard InChI is InChI=1S/C10H19N3.C4H10/c1-4-9(2)13-7-10(12-8-13)5-6-11-3;1-3-4-2/h7-9,11H,4-6H2,1-3H3;3-4H2,1-2H3. The van der Waals surface area contributed by atoms with E-state index in [-0.39, 0.29) is 0 Å². The summed E-state index contributed by atoms with van der Waals surface area (Å²) in [5.74, 6) is 0. The lowest BCUT2D eigenvalue weighted by molar-refractivity contribution is 0.530. The molecule has 3 heteroatoms. The van der Waals surface area contributed by atoms with E-state index < -0.39 is 0 Å². The van der Waals surface area contributed by atoms with E-state index >= 15 is 0 Å². The summed E-state index contributed by atoms with van der Waals surface area (Å²) in [4.78, 5) is 4.35. The molecular formula is C14H29N3. The fourth-order valence-corrected chi connectivity index (χ4v) is 1.21. The number of nitrogens with zero attached hydrogens (tertiary/aromatic N) is 2. The number of hydrogen-bond donors (Lipinski definition) is 1. The minimum atomic E-state index is 0.566. The lowest BCUT2D eigenvalue weighted by Crippen LogP contribution is -2.10. The Morgan fingerprint density at radius 2 is 1.94 bits per heavy atom. The molecular weight excluding hydrogens is 210 g/mol. The van der Waals surface area contributed by atoms with Gasteiger partial charge in [0, 0.05) is 25.2 Å². The van der Waals surface area contributed by atoms with E-state index in [0.29, 0.717) is 6.04 Å². The van der Waals surface area contributed by atoms with Crippen LogP contribution in [0, 0.1) is 0 Å². The van der Waals surface area contributed by atoms with Gasteiger partial charge in [-0.2, -0.15) is 0 Å². The van der Waals surface area contributed by atoms with E-state index in [0.717, 1.165) is 19.4 Å². The van der Waals surface area contributed by atoms with Crippen molar-refractivity contribution in [2.45, 2.75) is 59.4 Å². The fraction of sp³-hybridized carbons (Fsp3) is 0.786. The van der Waals surface area contributed by atoms with Crippen LogP contribution in [0.2, 0.25) is 0 Å². The van der Waals surface area contributed by atoms with Gasteiger partial charge in [0.15, 0.2) is 0 Å². The molecule has 0 aliphatic heterocycles. The highest BCUT2D eigenvalue weighted by molar-refractivity contribution is 4.98. The summed E-state index contributed by atoms with van der Waals surface area (Å²) in [7, 11) is 1.96. The Morgan fingerprint density at radius 3 is 2.41 bits per heavy atom. The van der Waals surface area contributed by atoms with Gasteiger partial charge in [-0.15, -0.1) is 0 Å². The zero-order chi connectivity index (χ0) is 13.1. The number of nitrogens with one attached hydrogen (secondary N) is 1. The van der Waals surface area contributed by atoms with Gasteiger partial charge in [0.2, 0.25) is 0 Å². The van der Waals surface area contributed by atoms with Gasteiger partial charge < -0.3 is 9.88 Å². The second-order valence-electron chi connectivity index (χ2n) is 4.42. The van der Waals surface area contributed by atoms with Gasteiger partial charge in [-0.25, -0.2) is 4.98 Å². The van der Waals surface area contributed by atoms with Gasteiger partial charge in [0.25, 0.3) is 0 Å². The first-order valence-corrected chi connectivity index (χ1v) is 6.86. The molecule has 0 saturated carbocycles. The number of aromatic nitrogens is 2. The van der Waals surface area contributed by atoms with Crippen molar-refractivity contribution in [1.29, 1.82) is 0 Å². The number of rotatable bonds is 6. The predicted molar refractivity (Wildman–Crippen MR) is 75.4 cm³/mol. The molecule has 0 fully saturated rings. The third kappa shape index (κ3) is 7.16. The summed E-state index contributed by atoms with van der Waals surface area (Å²) in [5.41, 5.74) is 1.18. The molecule has 1 heterocycles. The van der Waals surface area contributed by atoms with Crippen LogP contribution in [0.5, 0.6) is 0 Å². The topological polar surface area (TPSA) is 29.9 Å². The number of imidazole rings is 1. The largest absolute Gasteiger partial charge is 0.334 e. The maximum atomic E-state index is 4.35. The molecule has 0 radical (unpaired) electrons. The van der Waals surface area contributed by atoms with Crippen LogP contribution < -0.4 is 5.32 Å². The Morgan fingerprint density at radius 1 is 1.29 bits per heavy atom. The molecule has 0 amide bonds. The number of hydrogen-bond acceptors (Lipinski definition) is 2. The second kappa shape index (κ2) is 10.3. The van der Waals surface area contributed by atoms with E-state index in [2.05, 4.69) is 48.8 Å². The van der Waals surface area contributed by atoms with Crippen LogP contribution in [0.3, 0.4) is 0 Å². The van der Waals surface area contributed by atoms with Crippen LogP contribution in [-0.2, 0) is 6.42 Å². The lowest BCUT2D eigenvalue weighted by Gasteiger charge is -2.08. The molecule has 0 aromatic carbocycles. The van der Waals surface area contributed by atoms with Crippen LogP contribution in [0.1, 0.15) is 58.7 Å². The van der Waals surface area contributed by atoms with Gasteiger partial charge >= 0.3 is 0 Å². The van der Waals surface area contributed by atoms with Crippen molar-refractivity contribution in [2.24, 2.45) is 0 Å². The predicted octanol–water partition coefficient (Wildman–Crippen LogP) is 3.42. The molecule has 3 nitrogen and oxygen atoms in total. The molecule has 0 aliphatic rings. The Bertz CT molecular complexity index is 266. The van der Waals surface area contributed by atoms with Gasteiger partial charge in [-0.1, -0.05) is 33.6 Å². The Balaban J connectivity index is 0.000000557. The average molecular weight is 239 g/mol. The van der Waals surface area contributed by atoms with Crippen molar-refractivity contribution in [3.63, 3.8) is 0 Å². The highest BCUT2D eigenvalue weighted by Crippen LogP contribution is 2.10. The summed E-state index contributed by atoms with van der Waals surface area (Å²) < 4.78 is 2.19. The SMILES string of the molecule is CCC(C)n1cnc(CCNC)c1.CCCC. The van der Waals surface area contributed by atoms with Crippen molar-refractivity contribution in [2.75, 3.05) is 13.6 Å². The highest BCUT2D eigenvalue weighted by Gasteiger charge is 2.02. The van der Waals surface area contributed by atoms with Crippen LogP contribution in [0.15, 0.2) is 12.5 Å². The summed E-state index contributed by atoms with van der Waals surface area (Å²) >= 11 is 0. The zero-order valence-electron chi connectivity index (χ0n) is 12.2. The summed E-state index contributed by atoms with van der Waals surface area (Å²) in [5, 5.41) is 3.12. The third-order valence-electron chi connectivity index (χ3n) is 2.89. The van der Waals surface area contributed by atoms with Crippen LogP contribution >= 0.6 is 0 Å². The maximum Gasteiger partial charge on any atom is 0.0951 e. The second-order valence-corrected chi connectivity index (χ2v) is 4.42. The maximum absolute atomic E-state index is 4.35. The van der Waals surface area contributed by atoms with Crippen LogP contribution in [0.25, 0.3) is 0 Å². The molecule has 0 saturated heterocycles. The molecule has 1 aromatic heterocycles. The Labute approximate surface area is 107 Å². The minimum absolute atomic E-state index is 0.566. The van der Waals surface area contributed by atoms with Gasteiger partial charge in [-0.05, 0) is 20.4 Å². The third-order valence-corrected chi connectivity index (χ3v) is 2.89. The van der Waals surface area contributed by atoms with Crippen LogP contribution in [-0.4, -0.2) is 23.1 Å². The fourth-order valence-electron chi connectivity index (χ4n) is 1.21.